The van der Waals surface area contributed by atoms with E-state index in [-0.39, 0.29) is 22.8 Å². The molecule has 2 aromatic carbocycles. The number of thioether (sulfide) groups is 1. The van der Waals surface area contributed by atoms with E-state index >= 15 is 0 Å². The molecule has 0 spiro atoms. The van der Waals surface area contributed by atoms with Gasteiger partial charge in [-0.2, -0.15) is 0 Å². The molecule has 0 N–H and O–H groups in total. The van der Waals surface area contributed by atoms with Gasteiger partial charge in [0.1, 0.15) is 4.32 Å². The van der Waals surface area contributed by atoms with Crippen LogP contribution in [0.15, 0.2) is 54.6 Å². The quantitative estimate of drug-likeness (QED) is 0.767. The van der Waals surface area contributed by atoms with E-state index in [9.17, 15) is 8.42 Å². The Morgan fingerprint density at radius 2 is 1.61 bits per heavy atom. The number of anilines is 1. The van der Waals surface area contributed by atoms with Crippen LogP contribution in [0.25, 0.3) is 11.1 Å². The number of sulfone groups is 1. The summed E-state index contributed by atoms with van der Waals surface area (Å²) in [5.41, 5.74) is 3.29. The second kappa shape index (κ2) is 5.61. The Morgan fingerprint density at radius 3 is 2.30 bits per heavy atom. The number of thiocarbonyl (C=S) groups is 1. The third-order valence-corrected chi connectivity index (χ3v) is 7.90. The van der Waals surface area contributed by atoms with E-state index in [2.05, 4.69) is 24.3 Å². The minimum absolute atomic E-state index is 0.0277. The van der Waals surface area contributed by atoms with Gasteiger partial charge in [0.2, 0.25) is 0 Å². The number of hydrogen-bond acceptors (Lipinski definition) is 4. The standard InChI is InChI=1S/C17H15NO2S3/c19-23(20)10-15-16(11-23)22-17(21)18(15)14-8-6-13(7-9-14)12-4-2-1-3-5-12/h1-9,15-16H,10-11H2. The van der Waals surface area contributed by atoms with Crippen LogP contribution in [-0.4, -0.2) is 35.5 Å². The smallest absolute Gasteiger partial charge is 0.153 e. The highest BCUT2D eigenvalue weighted by atomic mass is 32.2. The zero-order chi connectivity index (χ0) is 16.0. The van der Waals surface area contributed by atoms with E-state index in [1.165, 1.54) is 17.3 Å². The fraction of sp³-hybridized carbons (Fsp3) is 0.235. The zero-order valence-corrected chi connectivity index (χ0v) is 14.7. The van der Waals surface area contributed by atoms with Crippen LogP contribution < -0.4 is 4.90 Å². The molecule has 2 fully saturated rings. The summed E-state index contributed by atoms with van der Waals surface area (Å²) < 4.78 is 24.5. The van der Waals surface area contributed by atoms with Crippen molar-refractivity contribution >= 4 is 43.8 Å². The van der Waals surface area contributed by atoms with Gasteiger partial charge in [-0.25, -0.2) is 8.42 Å². The summed E-state index contributed by atoms with van der Waals surface area (Å²) in [5, 5.41) is 0.0706. The van der Waals surface area contributed by atoms with Gasteiger partial charge >= 0.3 is 0 Å². The van der Waals surface area contributed by atoms with Gasteiger partial charge in [-0.05, 0) is 23.3 Å². The van der Waals surface area contributed by atoms with Gasteiger partial charge in [0.25, 0.3) is 0 Å². The molecule has 2 aliphatic heterocycles. The average molecular weight is 362 g/mol. The third-order valence-electron chi connectivity index (χ3n) is 4.31. The van der Waals surface area contributed by atoms with E-state index in [1.54, 1.807) is 0 Å². The molecule has 2 aliphatic rings. The van der Waals surface area contributed by atoms with Crippen molar-refractivity contribution < 1.29 is 8.42 Å². The molecule has 0 aromatic heterocycles. The monoisotopic (exact) mass is 361 g/mol. The number of fused-ring (bicyclic) bond motifs is 1. The fourth-order valence-electron chi connectivity index (χ4n) is 3.21. The van der Waals surface area contributed by atoms with Crippen molar-refractivity contribution in [3.63, 3.8) is 0 Å². The summed E-state index contributed by atoms with van der Waals surface area (Å²) in [5.74, 6) is 0.437. The molecule has 4 rings (SSSR count). The molecule has 2 aromatic rings. The van der Waals surface area contributed by atoms with Gasteiger partial charge in [0.15, 0.2) is 9.84 Å². The maximum absolute atomic E-state index is 11.9. The second-order valence-corrected chi connectivity index (χ2v) is 9.88. The fourth-order valence-corrected chi connectivity index (χ4v) is 7.59. The molecule has 2 saturated heterocycles. The van der Waals surface area contributed by atoms with Crippen LogP contribution in [-0.2, 0) is 9.84 Å². The Balaban J connectivity index is 1.64. The molecule has 6 heteroatoms. The first-order chi connectivity index (χ1) is 11.0. The summed E-state index contributed by atoms with van der Waals surface area (Å²) >= 11 is 6.99. The highest BCUT2D eigenvalue weighted by molar-refractivity contribution is 8.24. The molecule has 2 heterocycles. The predicted octanol–water partition coefficient (Wildman–Crippen LogP) is 3.36. The van der Waals surface area contributed by atoms with Crippen molar-refractivity contribution in [3.8, 4) is 11.1 Å². The van der Waals surface area contributed by atoms with Crippen LogP contribution in [0.2, 0.25) is 0 Å². The van der Waals surface area contributed by atoms with Crippen molar-refractivity contribution in [2.24, 2.45) is 0 Å². The molecule has 0 amide bonds. The molecule has 0 bridgehead atoms. The van der Waals surface area contributed by atoms with Gasteiger partial charge in [-0.15, -0.1) is 0 Å². The van der Waals surface area contributed by atoms with E-state index in [4.69, 9.17) is 12.2 Å². The van der Waals surface area contributed by atoms with E-state index in [0.29, 0.717) is 0 Å². The zero-order valence-electron chi connectivity index (χ0n) is 12.3. The molecule has 2 unspecified atom stereocenters. The average Bonchev–Trinajstić information content (AvgIpc) is 2.98. The first-order valence-corrected chi connectivity index (χ1v) is 10.5. The Morgan fingerprint density at radius 1 is 0.957 bits per heavy atom. The Labute approximate surface area is 145 Å². The van der Waals surface area contributed by atoms with E-state index in [1.807, 2.05) is 35.2 Å². The lowest BCUT2D eigenvalue weighted by atomic mass is 10.1. The minimum Gasteiger partial charge on any atom is -0.322 e. The van der Waals surface area contributed by atoms with Gasteiger partial charge in [0, 0.05) is 10.9 Å². The molecule has 3 nitrogen and oxygen atoms in total. The van der Waals surface area contributed by atoms with Crippen molar-refractivity contribution in [3.05, 3.63) is 54.6 Å². The van der Waals surface area contributed by atoms with Crippen LogP contribution >= 0.6 is 24.0 Å². The maximum Gasteiger partial charge on any atom is 0.153 e. The molecule has 0 saturated carbocycles. The Kier molecular flexibility index (Phi) is 3.70. The van der Waals surface area contributed by atoms with Gasteiger partial charge in [-0.3, -0.25) is 0 Å². The number of nitrogens with zero attached hydrogens (tertiary/aromatic N) is 1. The Hall–Kier alpha value is -1.37. The number of rotatable bonds is 2. The van der Waals surface area contributed by atoms with E-state index < -0.39 is 9.84 Å². The molecule has 2 atom stereocenters. The lowest BCUT2D eigenvalue weighted by Crippen LogP contribution is -2.36. The summed E-state index contributed by atoms with van der Waals surface area (Å²) in [6.07, 6.45) is 0. The van der Waals surface area contributed by atoms with Crippen LogP contribution in [0.3, 0.4) is 0 Å². The lowest BCUT2D eigenvalue weighted by molar-refractivity contribution is 0.601. The van der Waals surface area contributed by atoms with Crippen LogP contribution in [0.5, 0.6) is 0 Å². The van der Waals surface area contributed by atoms with Crippen LogP contribution in [0.1, 0.15) is 0 Å². The Bertz CT molecular complexity index is 847. The molecule has 0 aliphatic carbocycles. The highest BCUT2D eigenvalue weighted by Gasteiger charge is 2.48. The topological polar surface area (TPSA) is 37.4 Å². The molecule has 118 valence electrons. The van der Waals surface area contributed by atoms with Crippen molar-refractivity contribution in [1.82, 2.24) is 0 Å². The third kappa shape index (κ3) is 2.79. The lowest BCUT2D eigenvalue weighted by Gasteiger charge is -2.24. The highest BCUT2D eigenvalue weighted by Crippen LogP contribution is 2.41. The first-order valence-electron chi connectivity index (χ1n) is 7.39. The maximum atomic E-state index is 11.9. The van der Waals surface area contributed by atoms with Crippen molar-refractivity contribution in [2.45, 2.75) is 11.3 Å². The van der Waals surface area contributed by atoms with Crippen molar-refractivity contribution in [1.29, 1.82) is 0 Å². The SMILES string of the molecule is O=S1(=O)CC2SC(=S)N(c3ccc(-c4ccccc4)cc3)C2C1. The summed E-state index contributed by atoms with van der Waals surface area (Å²) in [4.78, 5) is 2.02. The summed E-state index contributed by atoms with van der Waals surface area (Å²) in [6.45, 7) is 0. The molecule has 0 radical (unpaired) electrons. The normalized spacial score (nSPS) is 25.6. The van der Waals surface area contributed by atoms with Gasteiger partial charge < -0.3 is 4.90 Å². The number of benzene rings is 2. The summed E-state index contributed by atoms with van der Waals surface area (Å²) in [6, 6.07) is 18.3. The van der Waals surface area contributed by atoms with Crippen molar-refractivity contribution in [2.75, 3.05) is 16.4 Å². The molecule has 23 heavy (non-hydrogen) atoms. The minimum atomic E-state index is -2.94. The van der Waals surface area contributed by atoms with Crippen LogP contribution in [0, 0.1) is 0 Å². The molecular weight excluding hydrogens is 346 g/mol. The largest absolute Gasteiger partial charge is 0.322 e. The predicted molar refractivity (Wildman–Crippen MR) is 101 cm³/mol. The van der Waals surface area contributed by atoms with Crippen LogP contribution in [0.4, 0.5) is 5.69 Å². The van der Waals surface area contributed by atoms with Gasteiger partial charge in [0.05, 0.1) is 17.5 Å². The molecular formula is C17H15NO2S3. The first kappa shape index (κ1) is 15.2. The summed E-state index contributed by atoms with van der Waals surface area (Å²) in [7, 11) is -2.94. The number of hydrogen-bond donors (Lipinski definition) is 0. The second-order valence-electron chi connectivity index (χ2n) is 5.85. The van der Waals surface area contributed by atoms with E-state index in [0.717, 1.165) is 15.6 Å². The van der Waals surface area contributed by atoms with Gasteiger partial charge in [-0.1, -0.05) is 66.4 Å².